The molecule has 3 aromatic rings. The predicted molar refractivity (Wildman–Crippen MR) is 118 cm³/mol. The summed E-state index contributed by atoms with van der Waals surface area (Å²) in [6.07, 6.45) is 1.69. The molecule has 0 saturated heterocycles. The molecule has 0 radical (unpaired) electrons. The molecule has 0 atom stereocenters. The molecule has 0 aliphatic carbocycles. The highest BCUT2D eigenvalue weighted by atomic mass is 35.5. The fraction of sp³-hybridized carbons (Fsp3) is 0.200. The van der Waals surface area contributed by atoms with Gasteiger partial charge in [0.25, 0.3) is 0 Å². The van der Waals surface area contributed by atoms with Crippen LogP contribution >= 0.6 is 35.0 Å². The quantitative estimate of drug-likeness (QED) is 0.330. The van der Waals surface area contributed by atoms with E-state index >= 15 is 0 Å². The number of nitrogens with zero attached hydrogens (tertiary/aromatic N) is 3. The summed E-state index contributed by atoms with van der Waals surface area (Å²) < 4.78 is 27.3. The van der Waals surface area contributed by atoms with Gasteiger partial charge in [-0.1, -0.05) is 64.8 Å². The maximum Gasteiger partial charge on any atom is 0.191 e. The number of aryl methyl sites for hydroxylation is 1. The summed E-state index contributed by atoms with van der Waals surface area (Å²) in [5.41, 5.74) is 1.98. The Balaban J connectivity index is 1.81. The van der Waals surface area contributed by atoms with Crippen LogP contribution < -0.4 is 0 Å². The lowest BCUT2D eigenvalue weighted by Crippen LogP contribution is -2.11. The van der Waals surface area contributed by atoms with Crippen LogP contribution in [-0.4, -0.2) is 23.2 Å². The van der Waals surface area contributed by atoms with Crippen molar-refractivity contribution in [2.75, 3.05) is 0 Å². The second-order valence-electron chi connectivity index (χ2n) is 6.41. The van der Waals surface area contributed by atoms with Gasteiger partial charge < -0.3 is 4.57 Å². The molecule has 0 amide bonds. The van der Waals surface area contributed by atoms with Crippen LogP contribution in [0, 0.1) is 6.92 Å². The summed E-state index contributed by atoms with van der Waals surface area (Å²) in [5, 5.41) is 9.91. The van der Waals surface area contributed by atoms with E-state index in [1.165, 1.54) is 11.8 Å². The summed E-state index contributed by atoms with van der Waals surface area (Å²) in [5.74, 6) is 0.739. The number of allylic oxidation sites excluding steroid dienone is 1. The lowest BCUT2D eigenvalue weighted by atomic mass is 10.2. The van der Waals surface area contributed by atoms with E-state index in [1.54, 1.807) is 47.0 Å². The van der Waals surface area contributed by atoms with Crippen LogP contribution in [0.15, 0.2) is 65.2 Å². The number of rotatable bonds is 8. The molecule has 5 nitrogen and oxygen atoms in total. The van der Waals surface area contributed by atoms with Gasteiger partial charge in [-0.3, -0.25) is 0 Å². The van der Waals surface area contributed by atoms with Crippen LogP contribution in [0.25, 0.3) is 0 Å². The van der Waals surface area contributed by atoms with Crippen LogP contribution in [0.3, 0.4) is 0 Å². The molecular formula is C20H19Cl2N3O2S2. The lowest BCUT2D eigenvalue weighted by molar-refractivity contribution is 0.590. The Hall–Kier alpha value is -1.80. The number of benzene rings is 2. The van der Waals surface area contributed by atoms with Crippen molar-refractivity contribution >= 4 is 44.8 Å². The number of halogens is 2. The molecule has 0 saturated carbocycles. The van der Waals surface area contributed by atoms with Gasteiger partial charge in [0, 0.05) is 12.3 Å². The van der Waals surface area contributed by atoms with Gasteiger partial charge in [-0.2, -0.15) is 0 Å². The lowest BCUT2D eigenvalue weighted by Gasteiger charge is -2.09. The fourth-order valence-electron chi connectivity index (χ4n) is 2.62. The van der Waals surface area contributed by atoms with Crippen LogP contribution in [-0.2, 0) is 27.9 Å². The van der Waals surface area contributed by atoms with Gasteiger partial charge in [0.2, 0.25) is 0 Å². The van der Waals surface area contributed by atoms with E-state index in [9.17, 15) is 8.42 Å². The van der Waals surface area contributed by atoms with Crippen molar-refractivity contribution in [2.45, 2.75) is 35.0 Å². The van der Waals surface area contributed by atoms with Crippen molar-refractivity contribution in [1.29, 1.82) is 0 Å². The number of thioether (sulfide) groups is 1. The molecule has 3 rings (SSSR count). The van der Waals surface area contributed by atoms with Gasteiger partial charge in [0.1, 0.15) is 11.6 Å². The van der Waals surface area contributed by atoms with Gasteiger partial charge in [-0.05, 0) is 36.8 Å². The van der Waals surface area contributed by atoms with Gasteiger partial charge in [-0.15, -0.1) is 16.8 Å². The monoisotopic (exact) mass is 467 g/mol. The fourth-order valence-corrected chi connectivity index (χ4v) is 5.12. The van der Waals surface area contributed by atoms with E-state index in [0.29, 0.717) is 33.3 Å². The van der Waals surface area contributed by atoms with Crippen molar-refractivity contribution in [1.82, 2.24) is 14.8 Å². The molecule has 0 N–H and O–H groups in total. The minimum Gasteiger partial charge on any atom is -0.301 e. The second-order valence-corrected chi connectivity index (χ2v) is 10.2. The van der Waals surface area contributed by atoms with Crippen LogP contribution in [0.2, 0.25) is 10.0 Å². The Bertz CT molecular complexity index is 1130. The molecule has 0 aliphatic rings. The van der Waals surface area contributed by atoms with Crippen LogP contribution in [0.5, 0.6) is 0 Å². The first-order valence-electron chi connectivity index (χ1n) is 8.69. The topological polar surface area (TPSA) is 64.8 Å². The van der Waals surface area contributed by atoms with Crippen LogP contribution in [0.4, 0.5) is 0 Å². The Labute approximate surface area is 184 Å². The third-order valence-electron chi connectivity index (χ3n) is 4.16. The summed E-state index contributed by atoms with van der Waals surface area (Å²) in [7, 11) is -3.53. The molecule has 1 aromatic heterocycles. The number of sulfone groups is 1. The van der Waals surface area contributed by atoms with Crippen molar-refractivity contribution < 1.29 is 8.42 Å². The molecule has 1 heterocycles. The first-order valence-corrected chi connectivity index (χ1v) is 12.1. The van der Waals surface area contributed by atoms with Gasteiger partial charge in [-0.25, -0.2) is 8.42 Å². The average molecular weight is 468 g/mol. The molecule has 0 fully saturated rings. The minimum absolute atomic E-state index is 0.232. The standard InChI is InChI=1S/C20H19Cl2N3O2S2/c1-3-10-25-19(13-29(26,27)16-7-4-14(2)5-8-16)23-24-20(25)28-12-15-6-9-17(21)18(22)11-15/h3-9,11H,1,10,12-13H2,2H3. The van der Waals surface area contributed by atoms with Gasteiger partial charge in [0.15, 0.2) is 15.0 Å². The molecule has 152 valence electrons. The van der Waals surface area contributed by atoms with Gasteiger partial charge >= 0.3 is 0 Å². The smallest absolute Gasteiger partial charge is 0.191 e. The van der Waals surface area contributed by atoms with Crippen molar-refractivity contribution in [3.8, 4) is 0 Å². The molecule has 29 heavy (non-hydrogen) atoms. The van der Waals surface area contributed by atoms with Crippen molar-refractivity contribution in [3.05, 3.63) is 82.1 Å². The maximum atomic E-state index is 12.8. The number of aromatic nitrogens is 3. The first-order chi connectivity index (χ1) is 13.8. The zero-order chi connectivity index (χ0) is 21.0. The van der Waals surface area contributed by atoms with Crippen molar-refractivity contribution in [3.63, 3.8) is 0 Å². The van der Waals surface area contributed by atoms with Crippen LogP contribution in [0.1, 0.15) is 17.0 Å². The zero-order valence-electron chi connectivity index (χ0n) is 15.7. The van der Waals surface area contributed by atoms with E-state index in [-0.39, 0.29) is 10.6 Å². The second kappa shape index (κ2) is 9.34. The summed E-state index contributed by atoms with van der Waals surface area (Å²) in [6, 6.07) is 12.2. The van der Waals surface area contributed by atoms with E-state index < -0.39 is 9.84 Å². The Morgan fingerprint density at radius 2 is 1.83 bits per heavy atom. The molecule has 0 bridgehead atoms. The summed E-state index contributed by atoms with van der Waals surface area (Å²) >= 11 is 13.5. The largest absolute Gasteiger partial charge is 0.301 e. The predicted octanol–water partition coefficient (Wildman–Crippen LogP) is 5.35. The SMILES string of the molecule is C=CCn1c(CS(=O)(=O)c2ccc(C)cc2)nnc1SCc1ccc(Cl)c(Cl)c1. The molecular weight excluding hydrogens is 449 g/mol. The molecule has 0 unspecified atom stereocenters. The van der Waals surface area contributed by atoms with Crippen molar-refractivity contribution in [2.24, 2.45) is 0 Å². The summed E-state index contributed by atoms with van der Waals surface area (Å²) in [4.78, 5) is 0.265. The Morgan fingerprint density at radius 1 is 1.10 bits per heavy atom. The third-order valence-corrected chi connectivity index (χ3v) is 7.56. The zero-order valence-corrected chi connectivity index (χ0v) is 18.8. The highest BCUT2D eigenvalue weighted by molar-refractivity contribution is 7.98. The highest BCUT2D eigenvalue weighted by Gasteiger charge is 2.21. The first kappa shape index (κ1) is 21.9. The molecule has 0 aliphatic heterocycles. The minimum atomic E-state index is -3.53. The van der Waals surface area contributed by atoms with E-state index in [0.717, 1.165) is 11.1 Å². The average Bonchev–Trinajstić information content (AvgIpc) is 3.04. The highest BCUT2D eigenvalue weighted by Crippen LogP contribution is 2.28. The normalized spacial score (nSPS) is 11.6. The number of hydrogen-bond acceptors (Lipinski definition) is 5. The van der Waals surface area contributed by atoms with E-state index in [1.807, 2.05) is 13.0 Å². The molecule has 2 aromatic carbocycles. The Morgan fingerprint density at radius 3 is 2.48 bits per heavy atom. The summed E-state index contributed by atoms with van der Waals surface area (Å²) in [6.45, 7) is 6.08. The number of hydrogen-bond donors (Lipinski definition) is 0. The van der Waals surface area contributed by atoms with Gasteiger partial charge in [0.05, 0.1) is 14.9 Å². The molecule has 9 heteroatoms. The van der Waals surface area contributed by atoms with E-state index in [4.69, 9.17) is 23.2 Å². The maximum absolute atomic E-state index is 12.8. The molecule has 0 spiro atoms. The third kappa shape index (κ3) is 5.42. The Kier molecular flexibility index (Phi) is 7.05. The van der Waals surface area contributed by atoms with E-state index in [2.05, 4.69) is 16.8 Å².